The number of alkyl halides is 1. The van der Waals surface area contributed by atoms with E-state index < -0.39 is 6.17 Å². The molecule has 0 bridgehead atoms. The fourth-order valence-corrected chi connectivity index (χ4v) is 1.26. The molecule has 12 heavy (non-hydrogen) atoms. The number of rotatable bonds is 3. The molecule has 0 aromatic rings. The highest BCUT2D eigenvalue weighted by atomic mass is 19.1. The Balaban J connectivity index is 2.23. The lowest BCUT2D eigenvalue weighted by Crippen LogP contribution is -2.40. The summed E-state index contributed by atoms with van der Waals surface area (Å²) in [4.78, 5) is 11.2. The van der Waals surface area contributed by atoms with Crippen LogP contribution in [0.1, 0.15) is 19.8 Å². The second-order valence-corrected chi connectivity index (χ2v) is 3.08. The zero-order valence-electron chi connectivity index (χ0n) is 7.27. The maximum Gasteiger partial charge on any atom is 0.237 e. The molecule has 0 aliphatic carbocycles. The van der Waals surface area contributed by atoms with Crippen LogP contribution in [0.3, 0.4) is 0 Å². The number of hydrogen-bond acceptors (Lipinski definition) is 2. The molecule has 2 N–H and O–H groups in total. The lowest BCUT2D eigenvalue weighted by Gasteiger charge is -2.09. The molecule has 1 aliphatic heterocycles. The third-order valence-electron chi connectivity index (χ3n) is 1.94. The van der Waals surface area contributed by atoms with Gasteiger partial charge in [-0.15, -0.1) is 0 Å². The summed E-state index contributed by atoms with van der Waals surface area (Å²) in [6.45, 7) is 2.97. The summed E-state index contributed by atoms with van der Waals surface area (Å²) in [5.74, 6) is -0.0722. The number of carbonyl (C=O) groups excluding carboxylic acids is 1. The minimum absolute atomic E-state index is 0.0722. The minimum atomic E-state index is -0.859. The maximum atomic E-state index is 12.6. The lowest BCUT2D eigenvalue weighted by atomic mass is 10.2. The Morgan fingerprint density at radius 2 is 2.50 bits per heavy atom. The van der Waals surface area contributed by atoms with Crippen molar-refractivity contribution in [1.29, 1.82) is 0 Å². The molecular formula is C8H15FN2O. The van der Waals surface area contributed by atoms with Gasteiger partial charge in [-0.3, -0.25) is 4.79 Å². The average molecular weight is 174 g/mol. The summed E-state index contributed by atoms with van der Waals surface area (Å²) >= 11 is 0. The molecule has 0 spiro atoms. The van der Waals surface area contributed by atoms with Crippen LogP contribution in [0.25, 0.3) is 0 Å². The summed E-state index contributed by atoms with van der Waals surface area (Å²) in [6, 6.07) is -0.313. The van der Waals surface area contributed by atoms with Crippen molar-refractivity contribution in [3.05, 3.63) is 0 Å². The number of nitrogens with one attached hydrogen (secondary N) is 2. The molecule has 2 atom stereocenters. The summed E-state index contributed by atoms with van der Waals surface area (Å²) in [6.07, 6.45) is 0.370. The van der Waals surface area contributed by atoms with Gasteiger partial charge in [0.05, 0.1) is 6.04 Å². The van der Waals surface area contributed by atoms with Crippen molar-refractivity contribution in [2.75, 3.05) is 13.1 Å². The number of carbonyl (C=O) groups is 1. The fraction of sp³-hybridized carbons (Fsp3) is 0.875. The van der Waals surface area contributed by atoms with E-state index in [2.05, 4.69) is 10.6 Å². The van der Waals surface area contributed by atoms with Gasteiger partial charge in [0, 0.05) is 19.5 Å². The van der Waals surface area contributed by atoms with E-state index in [9.17, 15) is 9.18 Å². The highest BCUT2D eigenvalue weighted by Gasteiger charge is 2.28. The first-order chi connectivity index (χ1) is 5.74. The van der Waals surface area contributed by atoms with Crippen molar-refractivity contribution < 1.29 is 9.18 Å². The Morgan fingerprint density at radius 3 is 3.00 bits per heavy atom. The predicted octanol–water partition coefficient (Wildman–Crippen LogP) is 0.213. The van der Waals surface area contributed by atoms with Gasteiger partial charge in [0.1, 0.15) is 6.17 Å². The van der Waals surface area contributed by atoms with Crippen LogP contribution in [0.5, 0.6) is 0 Å². The molecule has 0 aromatic heterocycles. The normalized spacial score (nSPS) is 28.8. The molecule has 1 aliphatic rings. The van der Waals surface area contributed by atoms with Crippen molar-refractivity contribution in [3.63, 3.8) is 0 Å². The van der Waals surface area contributed by atoms with Gasteiger partial charge in [-0.2, -0.15) is 0 Å². The van der Waals surface area contributed by atoms with Gasteiger partial charge in [-0.25, -0.2) is 4.39 Å². The molecule has 70 valence electrons. The zero-order valence-corrected chi connectivity index (χ0v) is 7.27. The van der Waals surface area contributed by atoms with E-state index >= 15 is 0 Å². The van der Waals surface area contributed by atoms with Gasteiger partial charge in [0.25, 0.3) is 0 Å². The quantitative estimate of drug-likeness (QED) is 0.642. The van der Waals surface area contributed by atoms with Gasteiger partial charge in [-0.05, 0) is 6.42 Å². The Labute approximate surface area is 71.7 Å². The van der Waals surface area contributed by atoms with Gasteiger partial charge in [0.2, 0.25) is 5.91 Å². The number of amides is 1. The standard InChI is InChI=1S/C8H15FN2O/c1-2-3-10-8(12)7-4-6(9)5-11-7/h6-7,11H,2-5H2,1H3,(H,10,12)/t6-,7+/m1/s1. The summed E-state index contributed by atoms with van der Waals surface area (Å²) in [7, 11) is 0. The Bertz CT molecular complexity index is 163. The molecule has 0 saturated carbocycles. The van der Waals surface area contributed by atoms with Crippen molar-refractivity contribution >= 4 is 5.91 Å². The van der Waals surface area contributed by atoms with E-state index in [0.717, 1.165) is 6.42 Å². The fourth-order valence-electron chi connectivity index (χ4n) is 1.26. The van der Waals surface area contributed by atoms with Crippen molar-refractivity contribution in [2.24, 2.45) is 0 Å². The van der Waals surface area contributed by atoms with E-state index in [0.29, 0.717) is 19.5 Å². The molecule has 1 fully saturated rings. The van der Waals surface area contributed by atoms with Crippen molar-refractivity contribution in [3.8, 4) is 0 Å². The monoisotopic (exact) mass is 174 g/mol. The van der Waals surface area contributed by atoms with Crippen LogP contribution < -0.4 is 10.6 Å². The van der Waals surface area contributed by atoms with E-state index in [4.69, 9.17) is 0 Å². The topological polar surface area (TPSA) is 41.1 Å². The van der Waals surface area contributed by atoms with Gasteiger partial charge in [0.15, 0.2) is 0 Å². The summed E-state index contributed by atoms with van der Waals surface area (Å²) in [5.41, 5.74) is 0. The first-order valence-electron chi connectivity index (χ1n) is 4.39. The first-order valence-corrected chi connectivity index (χ1v) is 4.39. The van der Waals surface area contributed by atoms with Crippen molar-refractivity contribution in [1.82, 2.24) is 10.6 Å². The molecule has 0 radical (unpaired) electrons. The number of hydrogen-bond donors (Lipinski definition) is 2. The van der Waals surface area contributed by atoms with Crippen molar-refractivity contribution in [2.45, 2.75) is 32.0 Å². The Morgan fingerprint density at radius 1 is 1.75 bits per heavy atom. The Hall–Kier alpha value is -0.640. The Kier molecular flexibility index (Phi) is 3.47. The number of halogens is 1. The van der Waals surface area contributed by atoms with E-state index in [1.807, 2.05) is 6.92 Å². The van der Waals surface area contributed by atoms with Crippen LogP contribution in [0.4, 0.5) is 4.39 Å². The predicted molar refractivity (Wildman–Crippen MR) is 44.6 cm³/mol. The molecule has 1 rings (SSSR count). The van der Waals surface area contributed by atoms with Gasteiger partial charge < -0.3 is 10.6 Å². The lowest BCUT2D eigenvalue weighted by molar-refractivity contribution is -0.122. The average Bonchev–Trinajstić information content (AvgIpc) is 2.47. The highest BCUT2D eigenvalue weighted by molar-refractivity contribution is 5.82. The smallest absolute Gasteiger partial charge is 0.237 e. The molecule has 4 heteroatoms. The third-order valence-corrected chi connectivity index (χ3v) is 1.94. The van der Waals surface area contributed by atoms with Crippen LogP contribution >= 0.6 is 0 Å². The SMILES string of the molecule is CCCNC(=O)[C@@H]1C[C@@H](F)CN1. The second kappa shape index (κ2) is 4.40. The van der Waals surface area contributed by atoms with Crippen LogP contribution in [-0.2, 0) is 4.79 Å². The van der Waals surface area contributed by atoms with Crippen LogP contribution in [0, 0.1) is 0 Å². The van der Waals surface area contributed by atoms with Gasteiger partial charge >= 0.3 is 0 Å². The summed E-state index contributed by atoms with van der Waals surface area (Å²) in [5, 5.41) is 5.55. The molecule has 3 nitrogen and oxygen atoms in total. The molecule has 1 amide bonds. The molecule has 0 unspecified atom stereocenters. The molecular weight excluding hydrogens is 159 g/mol. The van der Waals surface area contributed by atoms with Crippen LogP contribution in [-0.4, -0.2) is 31.2 Å². The second-order valence-electron chi connectivity index (χ2n) is 3.08. The van der Waals surface area contributed by atoms with Gasteiger partial charge in [-0.1, -0.05) is 6.92 Å². The highest BCUT2D eigenvalue weighted by Crippen LogP contribution is 2.09. The van der Waals surface area contributed by atoms with Crippen LogP contribution in [0.2, 0.25) is 0 Å². The summed E-state index contributed by atoms with van der Waals surface area (Å²) < 4.78 is 12.6. The molecule has 0 aromatic carbocycles. The maximum absolute atomic E-state index is 12.6. The minimum Gasteiger partial charge on any atom is -0.355 e. The van der Waals surface area contributed by atoms with E-state index in [1.165, 1.54) is 0 Å². The molecule has 1 heterocycles. The third kappa shape index (κ3) is 2.44. The zero-order chi connectivity index (χ0) is 8.97. The largest absolute Gasteiger partial charge is 0.355 e. The van der Waals surface area contributed by atoms with E-state index in [1.54, 1.807) is 0 Å². The molecule has 1 saturated heterocycles. The van der Waals surface area contributed by atoms with E-state index in [-0.39, 0.29) is 11.9 Å². The van der Waals surface area contributed by atoms with Crippen LogP contribution in [0.15, 0.2) is 0 Å². The first kappa shape index (κ1) is 9.45.